The quantitative estimate of drug-likeness (QED) is 0.373. The highest BCUT2D eigenvalue weighted by Crippen LogP contribution is 2.28. The second-order valence-electron chi connectivity index (χ2n) is 9.10. The van der Waals surface area contributed by atoms with Crippen LogP contribution in [0.3, 0.4) is 0 Å². The van der Waals surface area contributed by atoms with Gasteiger partial charge in [-0.3, -0.25) is 14.4 Å². The van der Waals surface area contributed by atoms with Crippen molar-refractivity contribution in [1.29, 1.82) is 0 Å². The summed E-state index contributed by atoms with van der Waals surface area (Å²) >= 11 is 6.12. The number of amides is 3. The first kappa shape index (κ1) is 25.5. The molecule has 7 heteroatoms. The van der Waals surface area contributed by atoms with E-state index in [-0.39, 0.29) is 31.4 Å². The van der Waals surface area contributed by atoms with Crippen LogP contribution in [0.4, 0.5) is 5.69 Å². The minimum absolute atomic E-state index is 0.0720. The van der Waals surface area contributed by atoms with Crippen molar-refractivity contribution in [2.45, 2.75) is 38.6 Å². The lowest BCUT2D eigenvalue weighted by Crippen LogP contribution is -2.48. The number of imide groups is 1. The molecule has 1 unspecified atom stereocenters. The summed E-state index contributed by atoms with van der Waals surface area (Å²) in [6.07, 6.45) is 0.413. The third-order valence-corrected chi connectivity index (χ3v) is 6.51. The van der Waals surface area contributed by atoms with Crippen molar-refractivity contribution in [3.63, 3.8) is 0 Å². The number of para-hydroxylation sites is 1. The number of ether oxygens (including phenoxy) is 1. The minimum Gasteiger partial charge on any atom is -0.484 e. The first-order chi connectivity index (χ1) is 17.3. The lowest BCUT2D eigenvalue weighted by molar-refractivity contribution is -0.140. The van der Waals surface area contributed by atoms with Crippen LogP contribution in [0.15, 0.2) is 78.9 Å². The van der Waals surface area contributed by atoms with Gasteiger partial charge in [-0.25, -0.2) is 4.90 Å². The highest BCUT2D eigenvalue weighted by Gasteiger charge is 2.44. The highest BCUT2D eigenvalue weighted by molar-refractivity contribution is 6.30. The Hall–Kier alpha value is -3.64. The number of anilines is 1. The summed E-state index contributed by atoms with van der Waals surface area (Å²) in [5.41, 5.74) is 2.56. The lowest BCUT2D eigenvalue weighted by atomic mass is 10.0. The number of rotatable bonds is 9. The monoisotopic (exact) mass is 504 g/mol. The van der Waals surface area contributed by atoms with Crippen molar-refractivity contribution in [2.24, 2.45) is 0 Å². The molecule has 0 bridgehead atoms. The molecule has 1 fully saturated rings. The van der Waals surface area contributed by atoms with Crippen LogP contribution in [0.5, 0.6) is 5.75 Å². The molecular formula is C29H29ClN2O4. The maximum absolute atomic E-state index is 13.5. The van der Waals surface area contributed by atoms with Gasteiger partial charge in [-0.2, -0.15) is 0 Å². The van der Waals surface area contributed by atoms with Gasteiger partial charge in [0, 0.05) is 11.6 Å². The van der Waals surface area contributed by atoms with Crippen LogP contribution in [0, 0.1) is 0 Å². The average Bonchev–Trinajstić information content (AvgIpc) is 3.17. The molecule has 4 rings (SSSR count). The van der Waals surface area contributed by atoms with E-state index in [1.54, 1.807) is 30.3 Å². The fourth-order valence-electron chi connectivity index (χ4n) is 4.28. The van der Waals surface area contributed by atoms with E-state index in [1.807, 2.05) is 48.5 Å². The Morgan fingerprint density at radius 3 is 2.42 bits per heavy atom. The number of carbonyl (C=O) groups is 3. The van der Waals surface area contributed by atoms with Gasteiger partial charge in [0.15, 0.2) is 6.61 Å². The molecule has 0 aliphatic carbocycles. The molecule has 36 heavy (non-hydrogen) atoms. The van der Waals surface area contributed by atoms with Gasteiger partial charge in [-0.1, -0.05) is 67.9 Å². The standard InChI is InChI=1S/C29H29ClN2O4/c1-20(2)22-11-13-24(14-12-22)32-27(33)18-26(29(32)35)31(16-15-21-7-6-8-23(30)17-21)28(34)19-36-25-9-4-3-5-10-25/h3-14,17,20,26H,15-16,18-19H2,1-2H3. The van der Waals surface area contributed by atoms with Crippen molar-refractivity contribution in [2.75, 3.05) is 18.1 Å². The topological polar surface area (TPSA) is 66.9 Å². The molecule has 0 radical (unpaired) electrons. The molecule has 1 heterocycles. The number of hydrogen-bond acceptors (Lipinski definition) is 4. The summed E-state index contributed by atoms with van der Waals surface area (Å²) < 4.78 is 5.67. The molecule has 186 valence electrons. The average molecular weight is 505 g/mol. The molecule has 0 aromatic heterocycles. The lowest BCUT2D eigenvalue weighted by Gasteiger charge is -2.28. The predicted octanol–water partition coefficient (Wildman–Crippen LogP) is 5.25. The van der Waals surface area contributed by atoms with Gasteiger partial charge in [0.25, 0.3) is 11.8 Å². The van der Waals surface area contributed by atoms with Crippen molar-refractivity contribution < 1.29 is 19.1 Å². The van der Waals surface area contributed by atoms with Crippen LogP contribution in [0.2, 0.25) is 5.02 Å². The van der Waals surface area contributed by atoms with Gasteiger partial charge in [-0.05, 0) is 59.9 Å². The summed E-state index contributed by atoms with van der Waals surface area (Å²) in [5.74, 6) is -0.199. The Kier molecular flexibility index (Phi) is 8.06. The van der Waals surface area contributed by atoms with Gasteiger partial charge in [0.1, 0.15) is 11.8 Å². The van der Waals surface area contributed by atoms with Crippen LogP contribution in [-0.4, -0.2) is 41.8 Å². The van der Waals surface area contributed by atoms with E-state index in [9.17, 15) is 14.4 Å². The van der Waals surface area contributed by atoms with Crippen molar-refractivity contribution in [1.82, 2.24) is 4.90 Å². The van der Waals surface area contributed by atoms with Crippen molar-refractivity contribution in [3.8, 4) is 5.75 Å². The van der Waals surface area contributed by atoms with E-state index in [1.165, 1.54) is 9.80 Å². The van der Waals surface area contributed by atoms with Crippen LogP contribution in [0.1, 0.15) is 37.3 Å². The highest BCUT2D eigenvalue weighted by atomic mass is 35.5. The molecule has 0 saturated carbocycles. The molecule has 1 aliphatic heterocycles. The van der Waals surface area contributed by atoms with Crippen LogP contribution < -0.4 is 9.64 Å². The maximum Gasteiger partial charge on any atom is 0.261 e. The molecule has 3 amide bonds. The van der Waals surface area contributed by atoms with E-state index < -0.39 is 11.9 Å². The van der Waals surface area contributed by atoms with Crippen LogP contribution in [-0.2, 0) is 20.8 Å². The first-order valence-corrected chi connectivity index (χ1v) is 12.4. The zero-order valence-corrected chi connectivity index (χ0v) is 21.1. The van der Waals surface area contributed by atoms with Crippen LogP contribution in [0.25, 0.3) is 0 Å². The molecule has 3 aromatic carbocycles. The summed E-state index contributed by atoms with van der Waals surface area (Å²) in [4.78, 5) is 42.4. The molecule has 6 nitrogen and oxygen atoms in total. The summed E-state index contributed by atoms with van der Waals surface area (Å²) in [6.45, 7) is 4.18. The Labute approximate surface area is 216 Å². The predicted molar refractivity (Wildman–Crippen MR) is 140 cm³/mol. The number of nitrogens with zero attached hydrogens (tertiary/aromatic N) is 2. The van der Waals surface area contributed by atoms with Crippen LogP contribution >= 0.6 is 11.6 Å². The first-order valence-electron chi connectivity index (χ1n) is 12.0. The normalized spacial score (nSPS) is 15.4. The Morgan fingerprint density at radius 2 is 1.75 bits per heavy atom. The molecule has 1 atom stereocenters. The van der Waals surface area contributed by atoms with Gasteiger partial charge in [0.2, 0.25) is 5.91 Å². The smallest absolute Gasteiger partial charge is 0.261 e. The van der Waals surface area contributed by atoms with Crippen molar-refractivity contribution >= 4 is 35.0 Å². The molecule has 1 aliphatic rings. The van der Waals surface area contributed by atoms with E-state index in [0.717, 1.165) is 11.1 Å². The summed E-state index contributed by atoms with van der Waals surface area (Å²) in [5, 5.41) is 0.598. The maximum atomic E-state index is 13.5. The number of hydrogen-bond donors (Lipinski definition) is 0. The number of halogens is 1. The third-order valence-electron chi connectivity index (χ3n) is 6.27. The van der Waals surface area contributed by atoms with E-state index >= 15 is 0 Å². The fraction of sp³-hybridized carbons (Fsp3) is 0.276. The SMILES string of the molecule is CC(C)c1ccc(N2C(=O)CC(N(CCc3cccc(Cl)c3)C(=O)COc3ccccc3)C2=O)cc1. The second kappa shape index (κ2) is 11.4. The zero-order valence-electron chi connectivity index (χ0n) is 20.4. The minimum atomic E-state index is -0.895. The second-order valence-corrected chi connectivity index (χ2v) is 9.54. The zero-order chi connectivity index (χ0) is 25.7. The Morgan fingerprint density at radius 1 is 1.03 bits per heavy atom. The van der Waals surface area contributed by atoms with E-state index in [0.29, 0.717) is 28.8 Å². The largest absolute Gasteiger partial charge is 0.484 e. The van der Waals surface area contributed by atoms with Gasteiger partial charge in [-0.15, -0.1) is 0 Å². The van der Waals surface area contributed by atoms with Gasteiger partial charge in [0.05, 0.1) is 12.1 Å². The molecule has 3 aromatic rings. The molecular weight excluding hydrogens is 476 g/mol. The summed E-state index contributed by atoms with van der Waals surface area (Å²) in [7, 11) is 0. The fourth-order valence-corrected chi connectivity index (χ4v) is 4.49. The molecule has 0 spiro atoms. The molecule has 0 N–H and O–H groups in total. The number of benzene rings is 3. The van der Waals surface area contributed by atoms with Crippen molar-refractivity contribution in [3.05, 3.63) is 95.0 Å². The number of carbonyl (C=O) groups excluding carboxylic acids is 3. The third kappa shape index (κ3) is 5.94. The van der Waals surface area contributed by atoms with Gasteiger partial charge >= 0.3 is 0 Å². The van der Waals surface area contributed by atoms with E-state index in [4.69, 9.17) is 16.3 Å². The Balaban J connectivity index is 1.54. The summed E-state index contributed by atoms with van der Waals surface area (Å²) in [6, 6.07) is 22.9. The molecule has 1 saturated heterocycles. The Bertz CT molecular complexity index is 1230. The van der Waals surface area contributed by atoms with Gasteiger partial charge < -0.3 is 9.64 Å². The van der Waals surface area contributed by atoms with E-state index in [2.05, 4.69) is 13.8 Å².